The number of hydrogen-bond donors (Lipinski definition) is 3. The highest BCUT2D eigenvalue weighted by Crippen LogP contribution is 2.22. The predicted molar refractivity (Wildman–Crippen MR) is 105 cm³/mol. The lowest BCUT2D eigenvalue weighted by Gasteiger charge is -2.07. The molecule has 3 N–H and O–H groups in total. The number of amides is 1. The monoisotopic (exact) mass is 364 g/mol. The smallest absolute Gasteiger partial charge is 0.243 e. The fourth-order valence-electron chi connectivity index (χ4n) is 3.14. The van der Waals surface area contributed by atoms with Gasteiger partial charge in [0.05, 0.1) is 0 Å². The summed E-state index contributed by atoms with van der Waals surface area (Å²) in [6.07, 6.45) is 4.20. The molecule has 2 aromatic carbocycles. The Balaban J connectivity index is 1.51. The second-order valence-corrected chi connectivity index (χ2v) is 6.56. The number of aryl methyl sites for hydroxylation is 3. The topological polar surface area (TPSA) is 74.5 Å². The molecule has 0 saturated carbocycles. The van der Waals surface area contributed by atoms with Crippen LogP contribution < -0.4 is 5.48 Å². The van der Waals surface area contributed by atoms with E-state index in [4.69, 9.17) is 5.21 Å². The summed E-state index contributed by atoms with van der Waals surface area (Å²) in [4.78, 5) is 11.1. The van der Waals surface area contributed by atoms with Gasteiger partial charge in [0.15, 0.2) is 5.88 Å². The normalized spacial score (nSPS) is 10.7. The van der Waals surface area contributed by atoms with Crippen molar-refractivity contribution in [2.75, 3.05) is 0 Å². The molecule has 0 atom stereocenters. The average molecular weight is 364 g/mol. The van der Waals surface area contributed by atoms with Gasteiger partial charge >= 0.3 is 0 Å². The highest BCUT2D eigenvalue weighted by atomic mass is 16.5. The molecule has 0 unspecified atom stereocenters. The number of carbonyl (C=O) groups is 1. The summed E-state index contributed by atoms with van der Waals surface area (Å²) in [5.74, 6) is -0.263. The van der Waals surface area contributed by atoms with Gasteiger partial charge in [0.1, 0.15) is 0 Å². The van der Waals surface area contributed by atoms with Crippen molar-refractivity contribution in [3.05, 3.63) is 78.0 Å². The molecule has 27 heavy (non-hydrogen) atoms. The van der Waals surface area contributed by atoms with E-state index in [1.165, 1.54) is 16.7 Å². The van der Waals surface area contributed by atoms with E-state index in [1.54, 1.807) is 10.0 Å². The molecule has 0 bridgehead atoms. The van der Waals surface area contributed by atoms with Gasteiger partial charge in [0.25, 0.3) is 0 Å². The van der Waals surface area contributed by atoms with Crippen LogP contribution in [0, 0.1) is 0 Å². The van der Waals surface area contributed by atoms with Gasteiger partial charge in [-0.25, -0.2) is 5.48 Å². The van der Waals surface area contributed by atoms with Crippen LogP contribution in [0.3, 0.4) is 0 Å². The van der Waals surface area contributed by atoms with Gasteiger partial charge in [0.2, 0.25) is 5.91 Å². The molecule has 5 nitrogen and oxygen atoms in total. The Morgan fingerprint density at radius 1 is 0.926 bits per heavy atom. The van der Waals surface area contributed by atoms with E-state index in [0.717, 1.165) is 12.8 Å². The third-order valence-electron chi connectivity index (χ3n) is 4.69. The van der Waals surface area contributed by atoms with Gasteiger partial charge < -0.3 is 9.67 Å². The Morgan fingerprint density at radius 3 is 2.33 bits per heavy atom. The third-order valence-corrected chi connectivity index (χ3v) is 4.69. The van der Waals surface area contributed by atoms with E-state index >= 15 is 0 Å². The summed E-state index contributed by atoms with van der Waals surface area (Å²) < 4.78 is 1.80. The molecule has 3 aromatic rings. The fraction of sp³-hybridized carbons (Fsp3) is 0.227. The second-order valence-electron chi connectivity index (χ2n) is 6.56. The first-order valence-corrected chi connectivity index (χ1v) is 9.11. The molecule has 0 aliphatic heterocycles. The van der Waals surface area contributed by atoms with E-state index in [9.17, 15) is 9.90 Å². The lowest BCUT2D eigenvalue weighted by atomic mass is 10.0. The number of benzene rings is 2. The standard InChI is InChI=1S/C22H24N2O3/c25-21(23-27)13-12-20-14-16-24(22(20)26)15-4-5-17-8-10-19(11-9-17)18-6-2-1-3-7-18/h1-3,6-11,14,16,26-27H,4-5,12-13,15H2,(H,23,25). The second kappa shape index (κ2) is 9.05. The highest BCUT2D eigenvalue weighted by molar-refractivity contribution is 5.74. The van der Waals surface area contributed by atoms with Crippen LogP contribution in [0.25, 0.3) is 11.1 Å². The van der Waals surface area contributed by atoms with E-state index in [1.807, 2.05) is 30.5 Å². The van der Waals surface area contributed by atoms with Crippen molar-refractivity contribution in [1.29, 1.82) is 0 Å². The van der Waals surface area contributed by atoms with Gasteiger partial charge in [-0.3, -0.25) is 10.0 Å². The van der Waals surface area contributed by atoms with E-state index in [0.29, 0.717) is 18.5 Å². The van der Waals surface area contributed by atoms with Crippen LogP contribution in [0.4, 0.5) is 0 Å². The van der Waals surface area contributed by atoms with Gasteiger partial charge in [-0.15, -0.1) is 0 Å². The summed E-state index contributed by atoms with van der Waals surface area (Å²) in [7, 11) is 0. The largest absolute Gasteiger partial charge is 0.494 e. The number of aromatic nitrogens is 1. The van der Waals surface area contributed by atoms with Crippen LogP contribution in [0.5, 0.6) is 5.88 Å². The molecular formula is C22H24N2O3. The number of nitrogens with one attached hydrogen (secondary N) is 1. The van der Waals surface area contributed by atoms with Crippen LogP contribution in [-0.2, 0) is 24.2 Å². The zero-order valence-electron chi connectivity index (χ0n) is 15.1. The summed E-state index contributed by atoms with van der Waals surface area (Å²) in [5.41, 5.74) is 6.00. The summed E-state index contributed by atoms with van der Waals surface area (Å²) >= 11 is 0. The Morgan fingerprint density at radius 2 is 1.63 bits per heavy atom. The molecule has 3 rings (SSSR count). The summed E-state index contributed by atoms with van der Waals surface area (Å²) in [5, 5.41) is 18.8. The number of aromatic hydroxyl groups is 1. The van der Waals surface area contributed by atoms with Crippen molar-refractivity contribution in [2.45, 2.75) is 32.2 Å². The molecule has 0 aliphatic carbocycles. The quantitative estimate of drug-likeness (QED) is 0.419. The molecule has 5 heteroatoms. The summed E-state index contributed by atoms with van der Waals surface area (Å²) in [6.45, 7) is 0.707. The first-order chi connectivity index (χ1) is 13.2. The first-order valence-electron chi connectivity index (χ1n) is 9.11. The van der Waals surface area contributed by atoms with Crippen LogP contribution in [0.2, 0.25) is 0 Å². The molecule has 0 aliphatic rings. The first kappa shape index (κ1) is 18.7. The Labute approximate surface area is 158 Å². The average Bonchev–Trinajstić information content (AvgIpc) is 3.07. The number of hydroxylamine groups is 1. The van der Waals surface area contributed by atoms with Crippen molar-refractivity contribution >= 4 is 5.91 Å². The Bertz CT molecular complexity index is 870. The number of nitrogens with zero attached hydrogens (tertiary/aromatic N) is 1. The number of carbonyl (C=O) groups excluding carboxylic acids is 1. The molecule has 1 aromatic heterocycles. The Kier molecular flexibility index (Phi) is 6.28. The maximum Gasteiger partial charge on any atom is 0.243 e. The highest BCUT2D eigenvalue weighted by Gasteiger charge is 2.09. The van der Waals surface area contributed by atoms with E-state index < -0.39 is 5.91 Å². The molecule has 0 saturated heterocycles. The van der Waals surface area contributed by atoms with Gasteiger partial charge in [-0.1, -0.05) is 54.6 Å². The minimum atomic E-state index is -0.457. The number of rotatable bonds is 8. The predicted octanol–water partition coefficient (Wildman–Crippen LogP) is 3.93. The zero-order chi connectivity index (χ0) is 19.1. The number of hydrogen-bond acceptors (Lipinski definition) is 3. The van der Waals surface area contributed by atoms with Crippen molar-refractivity contribution in [3.8, 4) is 17.0 Å². The fourth-order valence-corrected chi connectivity index (χ4v) is 3.14. The zero-order valence-corrected chi connectivity index (χ0v) is 15.1. The van der Waals surface area contributed by atoms with Crippen molar-refractivity contribution in [1.82, 2.24) is 10.0 Å². The third kappa shape index (κ3) is 4.99. The van der Waals surface area contributed by atoms with Crippen LogP contribution in [0.15, 0.2) is 66.9 Å². The van der Waals surface area contributed by atoms with Crippen molar-refractivity contribution in [3.63, 3.8) is 0 Å². The maximum absolute atomic E-state index is 11.1. The molecule has 1 heterocycles. The molecular weight excluding hydrogens is 340 g/mol. The summed E-state index contributed by atoms with van der Waals surface area (Å²) in [6, 6.07) is 20.7. The van der Waals surface area contributed by atoms with Gasteiger partial charge in [-0.05, 0) is 42.0 Å². The van der Waals surface area contributed by atoms with Crippen LogP contribution in [0.1, 0.15) is 24.0 Å². The van der Waals surface area contributed by atoms with Crippen LogP contribution in [-0.4, -0.2) is 20.8 Å². The molecule has 0 spiro atoms. The van der Waals surface area contributed by atoms with E-state index in [2.05, 4.69) is 36.4 Å². The Hall–Kier alpha value is -3.05. The SMILES string of the molecule is O=C(CCc1ccn(CCCc2ccc(-c3ccccc3)cc2)c1O)NO. The van der Waals surface area contributed by atoms with Crippen molar-refractivity contribution in [2.24, 2.45) is 0 Å². The maximum atomic E-state index is 11.1. The van der Waals surface area contributed by atoms with Gasteiger partial charge in [-0.2, -0.15) is 0 Å². The lowest BCUT2D eigenvalue weighted by Crippen LogP contribution is -2.18. The minimum absolute atomic E-state index is 0.141. The van der Waals surface area contributed by atoms with Crippen molar-refractivity contribution < 1.29 is 15.1 Å². The molecule has 140 valence electrons. The van der Waals surface area contributed by atoms with Crippen LogP contribution >= 0.6 is 0 Å². The molecule has 0 radical (unpaired) electrons. The van der Waals surface area contributed by atoms with Gasteiger partial charge in [0, 0.05) is 24.7 Å². The lowest BCUT2D eigenvalue weighted by molar-refractivity contribution is -0.129. The molecule has 0 fully saturated rings. The minimum Gasteiger partial charge on any atom is -0.494 e. The molecule has 1 amide bonds. The van der Waals surface area contributed by atoms with E-state index in [-0.39, 0.29) is 12.3 Å².